The lowest BCUT2D eigenvalue weighted by atomic mass is 10.1. The van der Waals surface area contributed by atoms with Gasteiger partial charge < -0.3 is 0 Å². The molecule has 1 rings (SSSR count). The summed E-state index contributed by atoms with van der Waals surface area (Å²) in [5.41, 5.74) is -1.20. The molecule has 0 aromatic heterocycles. The molecule has 1 aromatic carbocycles. The smallest absolute Gasteiger partial charge is 0.192 e. The van der Waals surface area contributed by atoms with Crippen LogP contribution in [0.15, 0.2) is 23.1 Å². The molecule has 1 nitrogen and oxygen atoms in total. The molecule has 1 aromatic rings. The number of rotatable bonds is 1. The molecule has 0 saturated carbocycles. The molecule has 0 spiro atoms. The Morgan fingerprint density at radius 1 is 1.18 bits per heavy atom. The largest absolute Gasteiger partial charge is 0.417 e. The summed E-state index contributed by atoms with van der Waals surface area (Å²) in [5.74, 6) is 0. The standard InChI is InChI=1S/C12H12F3NS/c1-11(2,3)17-9-4-5-10(12(13,14)15)8(6-9)7-16/h4-6H,1-3H3. The fourth-order valence-electron chi connectivity index (χ4n) is 1.28. The monoisotopic (exact) mass is 259 g/mol. The Balaban J connectivity index is 3.15. The molecule has 0 N–H and O–H groups in total. The molecule has 0 saturated heterocycles. The van der Waals surface area contributed by atoms with Gasteiger partial charge in [0.25, 0.3) is 0 Å². The number of hydrogen-bond acceptors (Lipinski definition) is 2. The van der Waals surface area contributed by atoms with Crippen LogP contribution in [-0.2, 0) is 6.18 Å². The predicted octanol–water partition coefficient (Wildman–Crippen LogP) is 4.47. The Morgan fingerprint density at radius 3 is 2.18 bits per heavy atom. The van der Waals surface area contributed by atoms with Gasteiger partial charge in [0.2, 0.25) is 0 Å². The average molecular weight is 259 g/mol. The highest BCUT2D eigenvalue weighted by atomic mass is 32.2. The van der Waals surface area contributed by atoms with Gasteiger partial charge in [-0.25, -0.2) is 0 Å². The Hall–Kier alpha value is -1.15. The van der Waals surface area contributed by atoms with Crippen LogP contribution in [0.5, 0.6) is 0 Å². The molecule has 17 heavy (non-hydrogen) atoms. The minimum absolute atomic E-state index is 0.105. The van der Waals surface area contributed by atoms with E-state index < -0.39 is 11.7 Å². The van der Waals surface area contributed by atoms with Gasteiger partial charge in [-0.3, -0.25) is 0 Å². The first-order valence-electron chi connectivity index (χ1n) is 4.94. The summed E-state index contributed by atoms with van der Waals surface area (Å²) >= 11 is 1.43. The highest BCUT2D eigenvalue weighted by Crippen LogP contribution is 2.37. The third-order valence-corrected chi connectivity index (χ3v) is 2.94. The Kier molecular flexibility index (Phi) is 3.78. The zero-order valence-electron chi connectivity index (χ0n) is 9.72. The lowest BCUT2D eigenvalue weighted by molar-refractivity contribution is -0.137. The van der Waals surface area contributed by atoms with Crippen molar-refractivity contribution in [1.82, 2.24) is 0 Å². The molecule has 0 aliphatic carbocycles. The first-order valence-corrected chi connectivity index (χ1v) is 5.75. The fraction of sp³-hybridized carbons (Fsp3) is 0.417. The van der Waals surface area contributed by atoms with E-state index in [1.54, 1.807) is 6.07 Å². The van der Waals surface area contributed by atoms with Crippen molar-refractivity contribution in [1.29, 1.82) is 5.26 Å². The van der Waals surface area contributed by atoms with E-state index >= 15 is 0 Å². The molecule has 0 amide bonds. The van der Waals surface area contributed by atoms with Gasteiger partial charge in [0.1, 0.15) is 0 Å². The van der Waals surface area contributed by atoms with Crippen molar-refractivity contribution < 1.29 is 13.2 Å². The predicted molar refractivity (Wildman–Crippen MR) is 61.8 cm³/mol. The normalized spacial score (nSPS) is 12.3. The summed E-state index contributed by atoms with van der Waals surface area (Å²) in [6, 6.07) is 5.25. The summed E-state index contributed by atoms with van der Waals surface area (Å²) in [6.45, 7) is 5.88. The number of alkyl halides is 3. The summed E-state index contributed by atoms with van der Waals surface area (Å²) < 4.78 is 37.5. The molecular weight excluding hydrogens is 247 g/mol. The van der Waals surface area contributed by atoms with Crippen molar-refractivity contribution in [3.63, 3.8) is 0 Å². The second-order valence-electron chi connectivity index (χ2n) is 4.53. The van der Waals surface area contributed by atoms with E-state index in [0.29, 0.717) is 4.90 Å². The van der Waals surface area contributed by atoms with E-state index in [2.05, 4.69) is 0 Å². The highest BCUT2D eigenvalue weighted by Gasteiger charge is 2.33. The molecule has 0 radical (unpaired) electrons. The lowest BCUT2D eigenvalue weighted by Gasteiger charge is -2.18. The maximum absolute atomic E-state index is 12.5. The number of nitriles is 1. The first-order chi connectivity index (χ1) is 7.63. The summed E-state index contributed by atoms with van der Waals surface area (Å²) in [6.07, 6.45) is -4.48. The summed E-state index contributed by atoms with van der Waals surface area (Å²) in [7, 11) is 0. The fourth-order valence-corrected chi connectivity index (χ4v) is 2.30. The van der Waals surface area contributed by atoms with Crippen LogP contribution in [0, 0.1) is 11.3 Å². The van der Waals surface area contributed by atoms with Crippen LogP contribution in [-0.4, -0.2) is 4.75 Å². The number of nitrogens with zero attached hydrogens (tertiary/aromatic N) is 1. The topological polar surface area (TPSA) is 23.8 Å². The van der Waals surface area contributed by atoms with E-state index in [9.17, 15) is 13.2 Å². The number of benzene rings is 1. The van der Waals surface area contributed by atoms with Gasteiger partial charge in [0, 0.05) is 9.64 Å². The van der Waals surface area contributed by atoms with Gasteiger partial charge in [-0.2, -0.15) is 18.4 Å². The minimum Gasteiger partial charge on any atom is -0.192 e. The van der Waals surface area contributed by atoms with Gasteiger partial charge >= 0.3 is 6.18 Å². The quantitative estimate of drug-likeness (QED) is 0.695. The van der Waals surface area contributed by atoms with Gasteiger partial charge in [-0.1, -0.05) is 20.8 Å². The van der Waals surface area contributed by atoms with E-state index in [1.807, 2.05) is 20.8 Å². The molecule has 0 fully saturated rings. The van der Waals surface area contributed by atoms with E-state index in [0.717, 1.165) is 6.07 Å². The second-order valence-corrected chi connectivity index (χ2v) is 6.43. The Bertz CT molecular complexity index is 452. The van der Waals surface area contributed by atoms with Crippen LogP contribution in [0.25, 0.3) is 0 Å². The number of hydrogen-bond donors (Lipinski definition) is 0. The van der Waals surface area contributed by atoms with E-state index in [1.165, 1.54) is 23.9 Å². The van der Waals surface area contributed by atoms with Crippen molar-refractivity contribution >= 4 is 11.8 Å². The average Bonchev–Trinajstić information content (AvgIpc) is 2.13. The minimum atomic E-state index is -4.48. The molecule has 0 atom stereocenters. The molecule has 0 aliphatic rings. The molecular formula is C12H12F3NS. The SMILES string of the molecule is CC(C)(C)Sc1ccc(C(F)(F)F)c(C#N)c1. The lowest BCUT2D eigenvalue weighted by Crippen LogP contribution is -2.09. The zero-order chi connectivity index (χ0) is 13.3. The van der Waals surface area contributed by atoms with Gasteiger partial charge in [-0.05, 0) is 18.2 Å². The van der Waals surface area contributed by atoms with E-state index in [-0.39, 0.29) is 10.3 Å². The van der Waals surface area contributed by atoms with Crippen LogP contribution in [0.1, 0.15) is 31.9 Å². The van der Waals surface area contributed by atoms with Crippen molar-refractivity contribution in [2.24, 2.45) is 0 Å². The van der Waals surface area contributed by atoms with Crippen LogP contribution in [0.4, 0.5) is 13.2 Å². The van der Waals surface area contributed by atoms with Crippen LogP contribution in [0.3, 0.4) is 0 Å². The molecule has 0 aliphatic heterocycles. The number of thioether (sulfide) groups is 1. The molecule has 0 heterocycles. The van der Waals surface area contributed by atoms with Crippen LogP contribution >= 0.6 is 11.8 Å². The number of halogens is 3. The van der Waals surface area contributed by atoms with Crippen molar-refractivity contribution in [2.45, 2.75) is 36.6 Å². The zero-order valence-corrected chi connectivity index (χ0v) is 10.5. The first kappa shape index (κ1) is 13.9. The van der Waals surface area contributed by atoms with Crippen LogP contribution < -0.4 is 0 Å². The van der Waals surface area contributed by atoms with Crippen molar-refractivity contribution in [3.05, 3.63) is 29.3 Å². The molecule has 0 unspecified atom stereocenters. The Morgan fingerprint density at radius 2 is 1.76 bits per heavy atom. The summed E-state index contributed by atoms with van der Waals surface area (Å²) in [4.78, 5) is 0.669. The maximum atomic E-state index is 12.5. The van der Waals surface area contributed by atoms with Crippen LogP contribution in [0.2, 0.25) is 0 Å². The van der Waals surface area contributed by atoms with E-state index in [4.69, 9.17) is 5.26 Å². The molecule has 0 bridgehead atoms. The second kappa shape index (κ2) is 4.61. The van der Waals surface area contributed by atoms with Crippen molar-refractivity contribution in [3.8, 4) is 6.07 Å². The van der Waals surface area contributed by atoms with Gasteiger partial charge in [0.05, 0.1) is 17.2 Å². The summed E-state index contributed by atoms with van der Waals surface area (Å²) in [5, 5.41) is 8.75. The molecule has 92 valence electrons. The third-order valence-electron chi connectivity index (χ3n) is 1.84. The van der Waals surface area contributed by atoms with Gasteiger partial charge in [-0.15, -0.1) is 11.8 Å². The van der Waals surface area contributed by atoms with Gasteiger partial charge in [0.15, 0.2) is 0 Å². The third kappa shape index (κ3) is 3.97. The Labute approximate surface area is 103 Å². The maximum Gasteiger partial charge on any atom is 0.417 e. The molecule has 5 heteroatoms. The highest BCUT2D eigenvalue weighted by molar-refractivity contribution is 8.00. The van der Waals surface area contributed by atoms with Crippen molar-refractivity contribution in [2.75, 3.05) is 0 Å².